The van der Waals surface area contributed by atoms with Gasteiger partial charge in [-0.25, -0.2) is 0 Å². The average Bonchev–Trinajstić information content (AvgIpc) is 2.57. The van der Waals surface area contributed by atoms with Crippen LogP contribution in [0.3, 0.4) is 0 Å². The largest absolute Gasteiger partial charge is 0.269 e. The van der Waals surface area contributed by atoms with E-state index in [2.05, 4.69) is 29.8 Å². The van der Waals surface area contributed by atoms with Crippen LogP contribution in [0.1, 0.15) is 44.4 Å². The lowest BCUT2D eigenvalue weighted by molar-refractivity contribution is 0.468. The van der Waals surface area contributed by atoms with Crippen molar-refractivity contribution >= 4 is 0 Å². The van der Waals surface area contributed by atoms with E-state index in [4.69, 9.17) is 0 Å². The summed E-state index contributed by atoms with van der Waals surface area (Å²) in [5.74, 6) is 0.853. The first kappa shape index (κ1) is 9.75. The van der Waals surface area contributed by atoms with Crippen molar-refractivity contribution in [2.75, 3.05) is 0 Å². The first-order valence-corrected chi connectivity index (χ1v) is 5.84. The van der Waals surface area contributed by atoms with Crippen LogP contribution in [-0.4, -0.2) is 9.78 Å². The zero-order valence-electron chi connectivity index (χ0n) is 9.29. The van der Waals surface area contributed by atoms with Crippen molar-refractivity contribution in [3.05, 3.63) is 17.5 Å². The van der Waals surface area contributed by atoms with Crippen molar-refractivity contribution in [3.8, 4) is 0 Å². The summed E-state index contributed by atoms with van der Waals surface area (Å²) in [6.07, 6.45) is 8.40. The van der Waals surface area contributed by atoms with Crippen molar-refractivity contribution in [1.29, 1.82) is 0 Å². The normalized spacial score (nSPS) is 20.9. The van der Waals surface area contributed by atoms with Gasteiger partial charge < -0.3 is 0 Å². The zero-order valence-corrected chi connectivity index (χ0v) is 9.29. The van der Waals surface area contributed by atoms with Crippen LogP contribution in [0, 0.1) is 5.92 Å². The van der Waals surface area contributed by atoms with Gasteiger partial charge in [0.1, 0.15) is 0 Å². The van der Waals surface area contributed by atoms with Crippen molar-refractivity contribution in [2.24, 2.45) is 5.92 Å². The topological polar surface area (TPSA) is 17.8 Å². The van der Waals surface area contributed by atoms with Crippen molar-refractivity contribution in [2.45, 2.75) is 52.5 Å². The summed E-state index contributed by atoms with van der Waals surface area (Å²) in [7, 11) is 0. The fourth-order valence-electron chi connectivity index (χ4n) is 2.27. The number of hydrogen-bond donors (Lipinski definition) is 0. The Balaban J connectivity index is 2.12. The summed E-state index contributed by atoms with van der Waals surface area (Å²) in [6, 6.07) is 0. The number of aromatic nitrogens is 2. The van der Waals surface area contributed by atoms with Crippen molar-refractivity contribution in [1.82, 2.24) is 9.78 Å². The lowest BCUT2D eigenvalue weighted by Gasteiger charge is -2.19. The average molecular weight is 192 g/mol. The Hall–Kier alpha value is -0.790. The minimum absolute atomic E-state index is 0.853. The molecule has 0 bridgehead atoms. The van der Waals surface area contributed by atoms with Gasteiger partial charge in [0.2, 0.25) is 0 Å². The van der Waals surface area contributed by atoms with Gasteiger partial charge in [-0.05, 0) is 37.2 Å². The molecule has 0 amide bonds. The Morgan fingerprint density at radius 2 is 2.43 bits per heavy atom. The molecule has 1 aliphatic rings. The van der Waals surface area contributed by atoms with Crippen molar-refractivity contribution in [3.63, 3.8) is 0 Å². The Bertz CT molecular complexity index is 301. The van der Waals surface area contributed by atoms with E-state index in [-0.39, 0.29) is 0 Å². The molecule has 0 aliphatic heterocycles. The van der Waals surface area contributed by atoms with E-state index in [0.29, 0.717) is 0 Å². The molecule has 2 heteroatoms. The van der Waals surface area contributed by atoms with Crippen LogP contribution in [0.2, 0.25) is 0 Å². The molecule has 0 aromatic carbocycles. The quantitative estimate of drug-likeness (QED) is 0.720. The van der Waals surface area contributed by atoms with Gasteiger partial charge in [-0.2, -0.15) is 5.10 Å². The molecule has 14 heavy (non-hydrogen) atoms. The molecule has 1 aromatic rings. The first-order valence-electron chi connectivity index (χ1n) is 5.84. The Morgan fingerprint density at radius 1 is 1.57 bits per heavy atom. The molecule has 0 spiro atoms. The molecule has 78 valence electrons. The second kappa shape index (κ2) is 4.16. The summed E-state index contributed by atoms with van der Waals surface area (Å²) >= 11 is 0. The molecule has 0 saturated carbocycles. The third kappa shape index (κ3) is 1.84. The van der Waals surface area contributed by atoms with Gasteiger partial charge in [0.15, 0.2) is 0 Å². The molecule has 2 nitrogen and oxygen atoms in total. The number of nitrogens with zero attached hydrogens (tertiary/aromatic N) is 2. The fraction of sp³-hybridized carbons (Fsp3) is 0.750. The Kier molecular flexibility index (Phi) is 2.90. The summed E-state index contributed by atoms with van der Waals surface area (Å²) < 4.78 is 2.23. The maximum absolute atomic E-state index is 4.49. The molecule has 1 aliphatic carbocycles. The molecule has 1 unspecified atom stereocenters. The van der Waals surface area contributed by atoms with Gasteiger partial charge in [0.25, 0.3) is 0 Å². The molecule has 2 rings (SSSR count). The molecule has 1 heterocycles. The molecular formula is C12H20N2. The summed E-state index contributed by atoms with van der Waals surface area (Å²) in [6.45, 7) is 5.69. The number of fused-ring (bicyclic) bond motifs is 1. The van der Waals surface area contributed by atoms with Crippen LogP contribution in [0.25, 0.3) is 0 Å². The van der Waals surface area contributed by atoms with Crippen LogP contribution >= 0.6 is 0 Å². The molecular weight excluding hydrogens is 172 g/mol. The van der Waals surface area contributed by atoms with E-state index in [9.17, 15) is 0 Å². The SMILES string of the molecule is CCCCn1ncc2c1CCC(C)C2. The highest BCUT2D eigenvalue weighted by Gasteiger charge is 2.18. The fourth-order valence-corrected chi connectivity index (χ4v) is 2.27. The number of hydrogen-bond acceptors (Lipinski definition) is 1. The van der Waals surface area contributed by atoms with Gasteiger partial charge in [-0.1, -0.05) is 20.3 Å². The molecule has 0 fully saturated rings. The Morgan fingerprint density at radius 3 is 3.21 bits per heavy atom. The van der Waals surface area contributed by atoms with Crippen LogP contribution in [0.15, 0.2) is 6.20 Å². The van der Waals surface area contributed by atoms with Crippen LogP contribution in [0.4, 0.5) is 0 Å². The van der Waals surface area contributed by atoms with E-state index < -0.39 is 0 Å². The van der Waals surface area contributed by atoms with Crippen LogP contribution in [-0.2, 0) is 19.4 Å². The highest BCUT2D eigenvalue weighted by Crippen LogP contribution is 2.24. The van der Waals surface area contributed by atoms with Gasteiger partial charge in [0, 0.05) is 12.2 Å². The molecule has 1 aromatic heterocycles. The van der Waals surface area contributed by atoms with E-state index in [1.54, 1.807) is 0 Å². The summed E-state index contributed by atoms with van der Waals surface area (Å²) in [5.41, 5.74) is 3.01. The lowest BCUT2D eigenvalue weighted by atomic mass is 9.89. The Labute approximate surface area is 86.3 Å². The second-order valence-corrected chi connectivity index (χ2v) is 4.54. The first-order chi connectivity index (χ1) is 6.81. The van der Waals surface area contributed by atoms with Gasteiger partial charge in [-0.3, -0.25) is 4.68 Å². The highest BCUT2D eigenvalue weighted by atomic mass is 15.3. The highest BCUT2D eigenvalue weighted by molar-refractivity contribution is 5.21. The van der Waals surface area contributed by atoms with E-state index in [1.165, 1.54) is 43.4 Å². The van der Waals surface area contributed by atoms with Gasteiger partial charge >= 0.3 is 0 Å². The maximum Gasteiger partial charge on any atom is 0.0524 e. The number of rotatable bonds is 3. The van der Waals surface area contributed by atoms with Gasteiger partial charge in [-0.15, -0.1) is 0 Å². The predicted octanol–water partition coefficient (Wildman–Crippen LogP) is 2.81. The number of aryl methyl sites for hydroxylation is 1. The van der Waals surface area contributed by atoms with Crippen molar-refractivity contribution < 1.29 is 0 Å². The number of unbranched alkanes of at least 4 members (excludes halogenated alkanes) is 1. The molecule has 1 atom stereocenters. The predicted molar refractivity (Wildman–Crippen MR) is 58.3 cm³/mol. The minimum Gasteiger partial charge on any atom is -0.269 e. The summed E-state index contributed by atoms with van der Waals surface area (Å²) in [4.78, 5) is 0. The second-order valence-electron chi connectivity index (χ2n) is 4.54. The smallest absolute Gasteiger partial charge is 0.0524 e. The maximum atomic E-state index is 4.49. The van der Waals surface area contributed by atoms with Gasteiger partial charge in [0.05, 0.1) is 6.20 Å². The third-order valence-corrected chi connectivity index (χ3v) is 3.20. The minimum atomic E-state index is 0.853. The van der Waals surface area contributed by atoms with E-state index >= 15 is 0 Å². The van der Waals surface area contributed by atoms with Crippen LogP contribution < -0.4 is 0 Å². The van der Waals surface area contributed by atoms with E-state index in [0.717, 1.165) is 12.5 Å². The lowest BCUT2D eigenvalue weighted by Crippen LogP contribution is -2.14. The molecule has 0 saturated heterocycles. The molecule has 0 radical (unpaired) electrons. The zero-order chi connectivity index (χ0) is 9.97. The monoisotopic (exact) mass is 192 g/mol. The van der Waals surface area contributed by atoms with E-state index in [1.807, 2.05) is 0 Å². The molecule has 0 N–H and O–H groups in total. The van der Waals surface area contributed by atoms with Crippen LogP contribution in [0.5, 0.6) is 0 Å². The third-order valence-electron chi connectivity index (χ3n) is 3.20. The summed E-state index contributed by atoms with van der Waals surface area (Å²) in [5, 5.41) is 4.49. The standard InChI is InChI=1S/C12H20N2/c1-3-4-7-14-12-6-5-10(2)8-11(12)9-13-14/h9-10H,3-8H2,1-2H3.